The molecule has 168 valence electrons. The number of H-pyrrole nitrogens is 1. The molecule has 6 heteroatoms. The first-order chi connectivity index (χ1) is 16.7. The summed E-state index contributed by atoms with van der Waals surface area (Å²) >= 11 is 0. The molecule has 0 atom stereocenters. The second-order valence-electron chi connectivity index (χ2n) is 9.20. The van der Waals surface area contributed by atoms with Gasteiger partial charge in [0.25, 0.3) is 0 Å². The third-order valence-electron chi connectivity index (χ3n) is 7.26. The maximum Gasteiger partial charge on any atom is 0.118 e. The Kier molecular flexibility index (Phi) is 5.12. The molecule has 1 N–H and O–H groups in total. The molecule has 34 heavy (non-hydrogen) atoms. The van der Waals surface area contributed by atoms with Crippen LogP contribution in [0.1, 0.15) is 41.1 Å². The lowest BCUT2D eigenvalue weighted by Crippen LogP contribution is -2.32. The third-order valence-corrected chi connectivity index (χ3v) is 7.26. The number of benzene rings is 2. The zero-order valence-electron chi connectivity index (χ0n) is 19.2. The van der Waals surface area contributed by atoms with E-state index >= 15 is 0 Å². The van der Waals surface area contributed by atoms with Gasteiger partial charge in [0.1, 0.15) is 18.1 Å². The van der Waals surface area contributed by atoms with Crippen LogP contribution in [0.5, 0.6) is 0 Å². The second kappa shape index (κ2) is 8.44. The number of likely N-dealkylation sites (tertiary alicyclic amines) is 1. The molecule has 1 fully saturated rings. The van der Waals surface area contributed by atoms with Crippen LogP contribution in [0.15, 0.2) is 67.3 Å². The zero-order chi connectivity index (χ0) is 23.1. The normalized spacial score (nSPS) is 15.2. The largest absolute Gasteiger partial charge is 0.346 e. The van der Waals surface area contributed by atoms with Crippen molar-refractivity contribution in [1.29, 1.82) is 5.26 Å². The van der Waals surface area contributed by atoms with Crippen molar-refractivity contribution in [2.75, 3.05) is 13.1 Å². The van der Waals surface area contributed by atoms with Gasteiger partial charge in [0.2, 0.25) is 0 Å². The average molecular weight is 447 g/mol. The van der Waals surface area contributed by atoms with E-state index in [2.05, 4.69) is 80.0 Å². The summed E-state index contributed by atoms with van der Waals surface area (Å²) in [5, 5.41) is 10.4. The number of hydrogen-bond donors (Lipinski definition) is 1. The van der Waals surface area contributed by atoms with Gasteiger partial charge >= 0.3 is 0 Å². The fourth-order valence-corrected chi connectivity index (χ4v) is 5.36. The Hall–Kier alpha value is -3.95. The Labute approximate surface area is 198 Å². The predicted octanol–water partition coefficient (Wildman–Crippen LogP) is 5.46. The van der Waals surface area contributed by atoms with Crippen LogP contribution < -0.4 is 0 Å². The number of aryl methyl sites for hydroxylation is 1. The monoisotopic (exact) mass is 446 g/mol. The highest BCUT2D eigenvalue weighted by Gasteiger charge is 2.25. The highest BCUT2D eigenvalue weighted by atomic mass is 15.1. The molecule has 2 aromatic carbocycles. The van der Waals surface area contributed by atoms with Gasteiger partial charge in [0, 0.05) is 29.3 Å². The summed E-state index contributed by atoms with van der Waals surface area (Å²) in [6, 6.07) is 18.9. The topological polar surface area (TPSA) is 73.5 Å². The van der Waals surface area contributed by atoms with E-state index in [1.165, 1.54) is 16.7 Å². The molecule has 0 bridgehead atoms. The van der Waals surface area contributed by atoms with Crippen molar-refractivity contribution in [3.8, 4) is 11.8 Å². The number of aromatic amines is 1. The van der Waals surface area contributed by atoms with Crippen LogP contribution in [-0.4, -0.2) is 37.5 Å². The van der Waals surface area contributed by atoms with E-state index in [0.717, 1.165) is 60.1 Å². The van der Waals surface area contributed by atoms with Crippen LogP contribution >= 0.6 is 0 Å². The molecule has 3 aromatic heterocycles. The summed E-state index contributed by atoms with van der Waals surface area (Å²) in [6.45, 7) is 5.22. The molecular formula is C28H26N6. The van der Waals surface area contributed by atoms with E-state index in [1.54, 1.807) is 6.33 Å². The molecule has 4 heterocycles. The van der Waals surface area contributed by atoms with Gasteiger partial charge in [-0.05, 0) is 79.7 Å². The fraction of sp³-hybridized carbons (Fsp3) is 0.250. The fourth-order valence-electron chi connectivity index (χ4n) is 5.36. The lowest BCUT2D eigenvalue weighted by atomic mass is 9.90. The van der Waals surface area contributed by atoms with Crippen LogP contribution in [0.4, 0.5) is 0 Å². The molecule has 1 aliphatic rings. The number of para-hydroxylation sites is 1. The van der Waals surface area contributed by atoms with Gasteiger partial charge in [0.15, 0.2) is 0 Å². The third kappa shape index (κ3) is 3.55. The highest BCUT2D eigenvalue weighted by Crippen LogP contribution is 2.35. The molecule has 0 spiro atoms. The smallest absolute Gasteiger partial charge is 0.118 e. The van der Waals surface area contributed by atoms with Gasteiger partial charge in [-0.2, -0.15) is 5.26 Å². The molecular weight excluding hydrogens is 420 g/mol. The molecule has 0 aliphatic carbocycles. The van der Waals surface area contributed by atoms with E-state index in [9.17, 15) is 5.26 Å². The minimum Gasteiger partial charge on any atom is -0.346 e. The first kappa shape index (κ1) is 20.6. The van der Waals surface area contributed by atoms with Crippen LogP contribution in [0, 0.1) is 18.3 Å². The van der Waals surface area contributed by atoms with E-state index in [4.69, 9.17) is 0 Å². The first-order valence-corrected chi connectivity index (χ1v) is 11.8. The summed E-state index contributed by atoms with van der Waals surface area (Å²) < 4.78 is 2.22. The van der Waals surface area contributed by atoms with E-state index < -0.39 is 0 Å². The Balaban J connectivity index is 1.22. The zero-order valence-corrected chi connectivity index (χ0v) is 19.2. The van der Waals surface area contributed by atoms with Gasteiger partial charge in [-0.1, -0.05) is 24.3 Å². The van der Waals surface area contributed by atoms with Crippen LogP contribution in [-0.2, 0) is 6.54 Å². The SMILES string of the molecule is Cc1c(CN2CCC(c3cn(-c4ccccc4)c4cncnc34)CC2)ccc2[nH]c(C#N)cc12. The van der Waals surface area contributed by atoms with E-state index in [-0.39, 0.29) is 0 Å². The van der Waals surface area contributed by atoms with E-state index in [0.29, 0.717) is 11.6 Å². The Bertz CT molecular complexity index is 1510. The van der Waals surface area contributed by atoms with Crippen LogP contribution in [0.3, 0.4) is 0 Å². The van der Waals surface area contributed by atoms with Crippen molar-refractivity contribution < 1.29 is 0 Å². The summed E-state index contributed by atoms with van der Waals surface area (Å²) in [7, 11) is 0. The maximum atomic E-state index is 9.21. The number of hydrogen-bond acceptors (Lipinski definition) is 4. The molecule has 1 saturated heterocycles. The lowest BCUT2D eigenvalue weighted by molar-refractivity contribution is 0.205. The molecule has 6 nitrogen and oxygen atoms in total. The summed E-state index contributed by atoms with van der Waals surface area (Å²) in [4.78, 5) is 14.7. The Morgan fingerprint density at radius 3 is 2.74 bits per heavy atom. The minimum atomic E-state index is 0.491. The molecule has 5 aromatic rings. The molecule has 0 saturated carbocycles. The molecule has 6 rings (SSSR count). The van der Waals surface area contributed by atoms with Gasteiger partial charge in [-0.25, -0.2) is 9.97 Å². The number of piperidine rings is 1. The summed E-state index contributed by atoms with van der Waals surface area (Å²) in [5.41, 5.74) is 8.86. The minimum absolute atomic E-state index is 0.491. The van der Waals surface area contributed by atoms with Crippen LogP contribution in [0.2, 0.25) is 0 Å². The lowest BCUT2D eigenvalue weighted by Gasteiger charge is -2.32. The molecule has 0 amide bonds. The number of aromatic nitrogens is 4. The number of nitrogens with zero attached hydrogens (tertiary/aromatic N) is 5. The van der Waals surface area contributed by atoms with Crippen LogP contribution in [0.25, 0.3) is 27.6 Å². The molecule has 0 radical (unpaired) electrons. The Morgan fingerprint density at radius 2 is 1.94 bits per heavy atom. The van der Waals surface area contributed by atoms with Gasteiger partial charge < -0.3 is 9.55 Å². The Morgan fingerprint density at radius 1 is 1.12 bits per heavy atom. The van der Waals surface area contributed by atoms with Crippen molar-refractivity contribution in [2.24, 2.45) is 0 Å². The first-order valence-electron chi connectivity index (χ1n) is 11.8. The standard InChI is InChI=1S/C28H26N6/c1-19-21(7-8-26-24(19)13-22(14-29)32-26)16-33-11-9-20(10-12-33)25-17-34(23-5-3-2-4-6-23)27-15-30-18-31-28(25)27/h2-8,13,15,17-18,20,32H,9-12,16H2,1H3. The van der Waals surface area contributed by atoms with Crippen molar-refractivity contribution in [2.45, 2.75) is 32.2 Å². The number of nitrogens with one attached hydrogen (secondary N) is 1. The highest BCUT2D eigenvalue weighted by molar-refractivity contribution is 5.85. The summed E-state index contributed by atoms with van der Waals surface area (Å²) in [6.07, 6.45) is 8.08. The van der Waals surface area contributed by atoms with Crippen molar-refractivity contribution in [3.63, 3.8) is 0 Å². The quantitative estimate of drug-likeness (QED) is 0.398. The number of rotatable bonds is 4. The molecule has 0 unspecified atom stereocenters. The van der Waals surface area contributed by atoms with Crippen molar-refractivity contribution in [3.05, 3.63) is 89.6 Å². The van der Waals surface area contributed by atoms with Gasteiger partial charge in [-0.3, -0.25) is 4.90 Å². The average Bonchev–Trinajstić information content (AvgIpc) is 3.49. The summed E-state index contributed by atoms with van der Waals surface area (Å²) in [5.74, 6) is 0.491. The molecule has 1 aliphatic heterocycles. The van der Waals surface area contributed by atoms with Gasteiger partial charge in [-0.15, -0.1) is 0 Å². The van der Waals surface area contributed by atoms with Gasteiger partial charge in [0.05, 0.1) is 17.2 Å². The number of nitriles is 1. The van der Waals surface area contributed by atoms with E-state index in [1.807, 2.05) is 18.3 Å². The van der Waals surface area contributed by atoms with Crippen molar-refractivity contribution in [1.82, 2.24) is 24.4 Å². The van der Waals surface area contributed by atoms with Crippen molar-refractivity contribution >= 4 is 21.9 Å². The second-order valence-corrected chi connectivity index (χ2v) is 9.20. The predicted molar refractivity (Wildman–Crippen MR) is 134 cm³/mol. The maximum absolute atomic E-state index is 9.21. The number of fused-ring (bicyclic) bond motifs is 2.